The van der Waals surface area contributed by atoms with E-state index in [9.17, 15) is 19.7 Å². The minimum absolute atomic E-state index is 0.126. The van der Waals surface area contributed by atoms with E-state index in [2.05, 4.69) is 31.5 Å². The van der Waals surface area contributed by atoms with Crippen LogP contribution in [-0.4, -0.2) is 83.5 Å². The normalized spacial score (nSPS) is 20.2. The first-order valence-electron chi connectivity index (χ1n) is 12.3. The summed E-state index contributed by atoms with van der Waals surface area (Å²) in [6.07, 6.45) is 5.16. The van der Waals surface area contributed by atoms with Crippen LogP contribution in [0.2, 0.25) is 0 Å². The van der Waals surface area contributed by atoms with Crippen LogP contribution in [0.5, 0.6) is 0 Å². The maximum absolute atomic E-state index is 13.6. The van der Waals surface area contributed by atoms with E-state index < -0.39 is 4.92 Å². The first kappa shape index (κ1) is 26.8. The molecule has 3 heterocycles. The fourth-order valence-corrected chi connectivity index (χ4v) is 5.21. The zero-order valence-corrected chi connectivity index (χ0v) is 22.5. The van der Waals surface area contributed by atoms with Crippen molar-refractivity contribution in [1.82, 2.24) is 14.8 Å². The summed E-state index contributed by atoms with van der Waals surface area (Å²) >= 11 is 3.33. The number of ether oxygens (including phenoxy) is 1. The Balaban J connectivity index is 1.60. The number of nitro groups is 1. The minimum Gasteiger partial charge on any atom is -0.387 e. The number of amides is 2. The van der Waals surface area contributed by atoms with Crippen molar-refractivity contribution in [3.63, 3.8) is 0 Å². The van der Waals surface area contributed by atoms with Gasteiger partial charge in [-0.15, -0.1) is 0 Å². The molecule has 2 aliphatic heterocycles. The van der Waals surface area contributed by atoms with E-state index in [1.807, 2.05) is 6.92 Å². The van der Waals surface area contributed by atoms with Gasteiger partial charge in [-0.1, -0.05) is 15.9 Å². The molecule has 2 aromatic rings. The number of piperidine rings is 1. The highest BCUT2D eigenvalue weighted by molar-refractivity contribution is 9.10. The number of aromatic nitrogens is 1. The highest BCUT2D eigenvalue weighted by atomic mass is 79.9. The molecule has 12 heteroatoms. The van der Waals surface area contributed by atoms with Gasteiger partial charge >= 0.3 is 0 Å². The molecule has 2 fully saturated rings. The number of nitrogens with zero attached hydrogens (tertiary/aromatic N) is 4. The number of carbonyl (C=O) groups is 2. The molecule has 11 nitrogen and oxygen atoms in total. The molecule has 0 aliphatic carbocycles. The monoisotopic (exact) mass is 574 g/mol. The Morgan fingerprint density at radius 1 is 1.14 bits per heavy atom. The minimum atomic E-state index is -0.487. The van der Waals surface area contributed by atoms with Gasteiger partial charge in [0.05, 0.1) is 27.8 Å². The zero-order chi connectivity index (χ0) is 26.5. The number of likely N-dealkylation sites (tertiary alicyclic amines) is 1. The number of halogens is 1. The highest BCUT2D eigenvalue weighted by Crippen LogP contribution is 2.35. The van der Waals surface area contributed by atoms with Gasteiger partial charge in [0.2, 0.25) is 0 Å². The van der Waals surface area contributed by atoms with Crippen molar-refractivity contribution in [2.75, 3.05) is 50.5 Å². The van der Waals surface area contributed by atoms with Crippen LogP contribution in [0.1, 0.15) is 46.9 Å². The molecule has 1 aromatic heterocycles. The quantitative estimate of drug-likeness (QED) is 0.394. The molecule has 37 heavy (non-hydrogen) atoms. The van der Waals surface area contributed by atoms with E-state index >= 15 is 0 Å². The number of nitro benzene ring substituents is 1. The smallest absolute Gasteiger partial charge is 0.294 e. The molecule has 2 N–H and O–H groups in total. The second kappa shape index (κ2) is 11.9. The van der Waals surface area contributed by atoms with Gasteiger partial charge in [-0.05, 0) is 38.3 Å². The third-order valence-corrected chi connectivity index (χ3v) is 7.04. The van der Waals surface area contributed by atoms with Crippen LogP contribution >= 0.6 is 15.9 Å². The van der Waals surface area contributed by atoms with E-state index in [-0.39, 0.29) is 40.9 Å². The third-order valence-electron chi connectivity index (χ3n) is 6.58. The Kier molecular flexibility index (Phi) is 8.59. The number of rotatable bonds is 6. The summed E-state index contributed by atoms with van der Waals surface area (Å²) in [5.41, 5.74) is 1.42. The third kappa shape index (κ3) is 6.37. The number of anilines is 2. The summed E-state index contributed by atoms with van der Waals surface area (Å²) in [7, 11) is 1.76. The molecule has 2 atom stereocenters. The molecule has 1 unspecified atom stereocenters. The van der Waals surface area contributed by atoms with Gasteiger partial charge in [0.1, 0.15) is 5.69 Å². The molecule has 0 saturated carbocycles. The fraction of sp³-hybridized carbons (Fsp3) is 0.480. The van der Waals surface area contributed by atoms with Gasteiger partial charge in [0.25, 0.3) is 17.5 Å². The summed E-state index contributed by atoms with van der Waals surface area (Å²) in [5.74, 6) is -0.445. The summed E-state index contributed by atoms with van der Waals surface area (Å²) in [6.45, 7) is 4.30. The number of pyridine rings is 1. The van der Waals surface area contributed by atoms with E-state index in [1.165, 1.54) is 12.3 Å². The van der Waals surface area contributed by atoms with Gasteiger partial charge in [-0.2, -0.15) is 0 Å². The standard InChI is InChI=1S/C25H31BrN6O5/c1-16-14-30(7-4-8-37-16)25(34)21-10-18(26)11-22(32(35)36)23(21)29-19-5-3-6-31(15-19)24(33)17-9-20(27-2)13-28-12-17/h9-13,16,19,27,29H,3-8,14-15H2,1-2H3/t16?,19-/m1/s1. The molecular formula is C25H31BrN6O5. The maximum Gasteiger partial charge on any atom is 0.294 e. The van der Waals surface area contributed by atoms with Crippen molar-refractivity contribution in [3.05, 3.63) is 56.3 Å². The van der Waals surface area contributed by atoms with Crippen LogP contribution in [0.15, 0.2) is 35.1 Å². The van der Waals surface area contributed by atoms with Crippen molar-refractivity contribution < 1.29 is 19.2 Å². The molecular weight excluding hydrogens is 544 g/mol. The van der Waals surface area contributed by atoms with Gasteiger partial charge in [0.15, 0.2) is 0 Å². The Hall–Kier alpha value is -3.25. The number of carbonyl (C=O) groups excluding carboxylic acids is 2. The summed E-state index contributed by atoms with van der Waals surface area (Å²) in [6, 6.07) is 4.49. The van der Waals surface area contributed by atoms with Crippen molar-refractivity contribution in [3.8, 4) is 0 Å². The SMILES string of the molecule is CNc1cncc(C(=O)N2CCC[C@@H](Nc3c(C(=O)N4CCCOC(C)C4)cc(Br)cc3[N+](=O)[O-])C2)c1. The lowest BCUT2D eigenvalue weighted by Gasteiger charge is -2.34. The number of benzene rings is 1. The molecule has 0 radical (unpaired) electrons. The Bertz CT molecular complexity index is 1180. The molecule has 198 valence electrons. The van der Waals surface area contributed by atoms with E-state index in [1.54, 1.807) is 35.2 Å². The van der Waals surface area contributed by atoms with E-state index in [0.29, 0.717) is 55.7 Å². The van der Waals surface area contributed by atoms with Gasteiger partial charge in [0, 0.05) is 68.8 Å². The zero-order valence-electron chi connectivity index (χ0n) is 20.9. The topological polar surface area (TPSA) is 130 Å². The Morgan fingerprint density at radius 3 is 2.65 bits per heavy atom. The van der Waals surface area contributed by atoms with Crippen LogP contribution in [0.3, 0.4) is 0 Å². The summed E-state index contributed by atoms with van der Waals surface area (Å²) in [4.78, 5) is 45.9. The summed E-state index contributed by atoms with van der Waals surface area (Å²) in [5, 5.41) is 18.3. The van der Waals surface area contributed by atoms with Crippen LogP contribution in [0.25, 0.3) is 0 Å². The van der Waals surface area contributed by atoms with Gasteiger partial charge < -0.3 is 25.2 Å². The van der Waals surface area contributed by atoms with E-state index in [0.717, 1.165) is 12.1 Å². The van der Waals surface area contributed by atoms with Crippen molar-refractivity contribution in [2.24, 2.45) is 0 Å². The number of hydrogen-bond donors (Lipinski definition) is 2. The van der Waals surface area contributed by atoms with E-state index in [4.69, 9.17) is 4.74 Å². The Morgan fingerprint density at radius 2 is 1.89 bits per heavy atom. The first-order chi connectivity index (χ1) is 17.8. The Labute approximate surface area is 223 Å². The second-order valence-electron chi connectivity index (χ2n) is 9.34. The largest absolute Gasteiger partial charge is 0.387 e. The average molecular weight is 575 g/mol. The number of nitrogens with one attached hydrogen (secondary N) is 2. The molecule has 2 saturated heterocycles. The molecule has 0 spiro atoms. The maximum atomic E-state index is 13.6. The lowest BCUT2D eigenvalue weighted by Crippen LogP contribution is -2.45. The van der Waals surface area contributed by atoms with Crippen LogP contribution in [0.4, 0.5) is 17.1 Å². The second-order valence-corrected chi connectivity index (χ2v) is 10.3. The van der Waals surface area contributed by atoms with Crippen molar-refractivity contribution >= 4 is 44.8 Å². The molecule has 4 rings (SSSR count). The fourth-order valence-electron chi connectivity index (χ4n) is 4.77. The van der Waals surface area contributed by atoms with Crippen LogP contribution in [0, 0.1) is 10.1 Å². The highest BCUT2D eigenvalue weighted by Gasteiger charge is 2.31. The first-order valence-corrected chi connectivity index (χ1v) is 13.1. The van der Waals surface area contributed by atoms with Crippen molar-refractivity contribution in [2.45, 2.75) is 38.3 Å². The van der Waals surface area contributed by atoms with Crippen molar-refractivity contribution in [1.29, 1.82) is 0 Å². The number of hydrogen-bond acceptors (Lipinski definition) is 8. The molecule has 0 bridgehead atoms. The van der Waals surface area contributed by atoms with Crippen LogP contribution in [-0.2, 0) is 4.74 Å². The van der Waals surface area contributed by atoms with Crippen LogP contribution < -0.4 is 10.6 Å². The predicted octanol–water partition coefficient (Wildman–Crippen LogP) is 3.76. The lowest BCUT2D eigenvalue weighted by molar-refractivity contribution is -0.384. The lowest BCUT2D eigenvalue weighted by atomic mass is 10.0. The summed E-state index contributed by atoms with van der Waals surface area (Å²) < 4.78 is 6.12. The molecule has 2 aliphatic rings. The average Bonchev–Trinajstić information content (AvgIpc) is 3.12. The molecule has 2 amide bonds. The molecule has 1 aromatic carbocycles. The van der Waals surface area contributed by atoms with Gasteiger partial charge in [-0.25, -0.2) is 0 Å². The van der Waals surface area contributed by atoms with Gasteiger partial charge in [-0.3, -0.25) is 24.7 Å². The predicted molar refractivity (Wildman–Crippen MR) is 143 cm³/mol.